The molecule has 0 aromatic heterocycles. The van der Waals surface area contributed by atoms with Crippen LogP contribution in [0.5, 0.6) is 11.5 Å². The highest BCUT2D eigenvalue weighted by molar-refractivity contribution is 7.80. The maximum Gasteiger partial charge on any atom is 0.257 e. The molecule has 8 heteroatoms. The lowest BCUT2D eigenvalue weighted by Crippen LogP contribution is -2.35. The lowest BCUT2D eigenvalue weighted by atomic mass is 10.1. The van der Waals surface area contributed by atoms with Gasteiger partial charge in [-0.3, -0.25) is 14.9 Å². The normalized spacial score (nSPS) is 10.2. The summed E-state index contributed by atoms with van der Waals surface area (Å²) in [6.07, 6.45) is 0. The molecule has 0 aliphatic heterocycles. The number of thiocarbonyl (C=S) groups is 1. The third-order valence-corrected chi connectivity index (χ3v) is 5.63. The fourth-order valence-electron chi connectivity index (χ4n) is 3.53. The van der Waals surface area contributed by atoms with Gasteiger partial charge in [-0.25, -0.2) is 0 Å². The minimum absolute atomic E-state index is 0.0803. The Morgan fingerprint density at radius 3 is 1.92 bits per heavy atom. The van der Waals surface area contributed by atoms with Crippen molar-refractivity contribution in [2.45, 2.75) is 6.54 Å². The predicted molar refractivity (Wildman–Crippen MR) is 152 cm³/mol. The third kappa shape index (κ3) is 7.91. The van der Waals surface area contributed by atoms with E-state index in [0.29, 0.717) is 42.3 Å². The third-order valence-electron chi connectivity index (χ3n) is 5.42. The number of amides is 2. The second-order valence-electron chi connectivity index (χ2n) is 8.16. The Balaban J connectivity index is 1.25. The van der Waals surface area contributed by atoms with Crippen LogP contribution in [-0.2, 0) is 6.54 Å². The predicted octanol–water partition coefficient (Wildman–Crippen LogP) is 5.20. The molecule has 0 saturated carbocycles. The molecule has 0 atom stereocenters. The molecular formula is C30H27N3O4S. The van der Waals surface area contributed by atoms with E-state index in [2.05, 4.69) is 16.0 Å². The molecule has 0 bridgehead atoms. The first-order valence-electron chi connectivity index (χ1n) is 12.0. The standard InChI is InChI=1S/C30H27N3O4S/c34-28(23-15-17-25(18-16-23)37-20-19-36-24-11-5-2-6-12-24)33-30(38)32-27-14-8-7-13-26(27)29(35)31-21-22-9-3-1-4-10-22/h1-18H,19-21H2,(H,31,35)(H2,32,33,34,38). The minimum Gasteiger partial charge on any atom is -0.490 e. The van der Waals surface area contributed by atoms with Crippen molar-refractivity contribution in [3.63, 3.8) is 0 Å². The molecule has 38 heavy (non-hydrogen) atoms. The molecule has 0 fully saturated rings. The molecule has 192 valence electrons. The largest absolute Gasteiger partial charge is 0.490 e. The molecule has 3 N–H and O–H groups in total. The zero-order chi connectivity index (χ0) is 26.6. The van der Waals surface area contributed by atoms with Gasteiger partial charge >= 0.3 is 0 Å². The van der Waals surface area contributed by atoms with Crippen LogP contribution >= 0.6 is 12.2 Å². The molecule has 0 saturated heterocycles. The van der Waals surface area contributed by atoms with E-state index in [-0.39, 0.29) is 16.9 Å². The van der Waals surface area contributed by atoms with Crippen LogP contribution in [0.3, 0.4) is 0 Å². The van der Waals surface area contributed by atoms with Gasteiger partial charge in [0.2, 0.25) is 0 Å². The molecule has 4 aromatic carbocycles. The van der Waals surface area contributed by atoms with Gasteiger partial charge in [0.1, 0.15) is 24.7 Å². The van der Waals surface area contributed by atoms with Crippen LogP contribution in [0.1, 0.15) is 26.3 Å². The highest BCUT2D eigenvalue weighted by atomic mass is 32.1. The summed E-state index contributed by atoms with van der Waals surface area (Å²) in [4.78, 5) is 25.4. The Morgan fingerprint density at radius 1 is 0.658 bits per heavy atom. The van der Waals surface area contributed by atoms with Crippen molar-refractivity contribution < 1.29 is 19.1 Å². The number of para-hydroxylation sites is 2. The average molecular weight is 526 g/mol. The Bertz CT molecular complexity index is 1360. The lowest BCUT2D eigenvalue weighted by molar-refractivity contribution is 0.0950. The Hall–Kier alpha value is -4.69. The number of carbonyl (C=O) groups excluding carboxylic acids is 2. The van der Waals surface area contributed by atoms with Crippen LogP contribution < -0.4 is 25.4 Å². The highest BCUT2D eigenvalue weighted by Gasteiger charge is 2.14. The first-order chi connectivity index (χ1) is 18.6. The Kier molecular flexibility index (Phi) is 9.42. The van der Waals surface area contributed by atoms with E-state index < -0.39 is 0 Å². The van der Waals surface area contributed by atoms with Crippen molar-refractivity contribution >= 4 is 34.8 Å². The monoisotopic (exact) mass is 525 g/mol. The average Bonchev–Trinajstić information content (AvgIpc) is 2.95. The quantitative estimate of drug-likeness (QED) is 0.195. The summed E-state index contributed by atoms with van der Waals surface area (Å²) in [5.41, 5.74) is 2.31. The van der Waals surface area contributed by atoms with Gasteiger partial charge in [-0.15, -0.1) is 0 Å². The molecule has 0 radical (unpaired) electrons. The van der Waals surface area contributed by atoms with Crippen LogP contribution in [0, 0.1) is 0 Å². The van der Waals surface area contributed by atoms with Gasteiger partial charge in [-0.05, 0) is 66.3 Å². The second-order valence-corrected chi connectivity index (χ2v) is 8.56. The van der Waals surface area contributed by atoms with E-state index in [0.717, 1.165) is 11.3 Å². The van der Waals surface area contributed by atoms with Crippen LogP contribution in [-0.4, -0.2) is 30.1 Å². The molecule has 0 heterocycles. The summed E-state index contributed by atoms with van der Waals surface area (Å²) in [7, 11) is 0. The fraction of sp³-hybridized carbons (Fsp3) is 0.100. The van der Waals surface area contributed by atoms with Gasteiger partial charge in [-0.1, -0.05) is 60.7 Å². The topological polar surface area (TPSA) is 88.7 Å². The van der Waals surface area contributed by atoms with E-state index in [1.165, 1.54) is 0 Å². The fourth-order valence-corrected chi connectivity index (χ4v) is 3.73. The summed E-state index contributed by atoms with van der Waals surface area (Å²) in [5, 5.41) is 8.58. The van der Waals surface area contributed by atoms with Crippen molar-refractivity contribution in [1.29, 1.82) is 0 Å². The molecule has 4 aromatic rings. The lowest BCUT2D eigenvalue weighted by Gasteiger charge is -2.14. The summed E-state index contributed by atoms with van der Waals surface area (Å²) < 4.78 is 11.3. The van der Waals surface area contributed by atoms with E-state index in [1.807, 2.05) is 60.7 Å². The molecule has 0 unspecified atom stereocenters. The number of carbonyl (C=O) groups is 2. The van der Waals surface area contributed by atoms with Gasteiger partial charge in [-0.2, -0.15) is 0 Å². The molecule has 2 amide bonds. The number of anilines is 1. The summed E-state index contributed by atoms with van der Waals surface area (Å²) in [6, 6.07) is 32.8. The number of rotatable bonds is 10. The molecule has 7 nitrogen and oxygen atoms in total. The van der Waals surface area contributed by atoms with Crippen LogP contribution in [0.2, 0.25) is 0 Å². The van der Waals surface area contributed by atoms with E-state index in [4.69, 9.17) is 21.7 Å². The first kappa shape index (κ1) is 26.4. The Labute approximate surface area is 226 Å². The van der Waals surface area contributed by atoms with Crippen LogP contribution in [0.15, 0.2) is 109 Å². The van der Waals surface area contributed by atoms with Crippen molar-refractivity contribution in [2.24, 2.45) is 0 Å². The summed E-state index contributed by atoms with van der Waals surface area (Å²) in [5.74, 6) is 0.765. The number of hydrogen-bond acceptors (Lipinski definition) is 5. The van der Waals surface area contributed by atoms with Crippen LogP contribution in [0.25, 0.3) is 0 Å². The van der Waals surface area contributed by atoms with Gasteiger partial charge in [0, 0.05) is 12.1 Å². The summed E-state index contributed by atoms with van der Waals surface area (Å²) in [6.45, 7) is 1.17. The van der Waals surface area contributed by atoms with Crippen molar-refractivity contribution in [2.75, 3.05) is 18.5 Å². The number of ether oxygens (including phenoxy) is 2. The molecule has 4 rings (SSSR count). The van der Waals surface area contributed by atoms with E-state index in [9.17, 15) is 9.59 Å². The van der Waals surface area contributed by atoms with Gasteiger partial charge in [0.05, 0.1) is 11.3 Å². The van der Waals surface area contributed by atoms with Gasteiger partial charge < -0.3 is 20.1 Å². The molecule has 0 aliphatic carbocycles. The Morgan fingerprint density at radius 2 is 1.24 bits per heavy atom. The molecule has 0 aliphatic rings. The summed E-state index contributed by atoms with van der Waals surface area (Å²) >= 11 is 5.32. The maximum atomic E-state index is 12.8. The van der Waals surface area contributed by atoms with Gasteiger partial charge in [0.25, 0.3) is 11.8 Å². The maximum absolute atomic E-state index is 12.8. The molecule has 0 spiro atoms. The second kappa shape index (κ2) is 13.6. The zero-order valence-electron chi connectivity index (χ0n) is 20.6. The number of nitrogens with one attached hydrogen (secondary N) is 3. The van der Waals surface area contributed by atoms with E-state index in [1.54, 1.807) is 48.5 Å². The van der Waals surface area contributed by atoms with Gasteiger partial charge in [0.15, 0.2) is 5.11 Å². The van der Waals surface area contributed by atoms with Crippen molar-refractivity contribution in [3.05, 3.63) is 126 Å². The highest BCUT2D eigenvalue weighted by Crippen LogP contribution is 2.16. The number of hydrogen-bond donors (Lipinski definition) is 3. The number of benzene rings is 4. The van der Waals surface area contributed by atoms with Crippen LogP contribution in [0.4, 0.5) is 5.69 Å². The minimum atomic E-state index is -0.382. The van der Waals surface area contributed by atoms with Crippen molar-refractivity contribution in [1.82, 2.24) is 10.6 Å². The van der Waals surface area contributed by atoms with Crippen molar-refractivity contribution in [3.8, 4) is 11.5 Å². The smallest absolute Gasteiger partial charge is 0.257 e. The van der Waals surface area contributed by atoms with E-state index >= 15 is 0 Å². The first-order valence-corrected chi connectivity index (χ1v) is 12.4. The molecular weight excluding hydrogens is 498 g/mol. The zero-order valence-corrected chi connectivity index (χ0v) is 21.4. The SMILES string of the molecule is O=C(NC(=S)Nc1ccccc1C(=O)NCc1ccccc1)c1ccc(OCCOc2ccccc2)cc1.